The van der Waals surface area contributed by atoms with Crippen LogP contribution in [0.2, 0.25) is 0 Å². The average Bonchev–Trinajstić information content (AvgIpc) is 2.53. The first-order valence-electron chi connectivity index (χ1n) is 6.87. The van der Waals surface area contributed by atoms with Gasteiger partial charge in [0.2, 0.25) is 0 Å². The van der Waals surface area contributed by atoms with E-state index in [1.807, 2.05) is 24.3 Å². The first-order valence-corrected chi connectivity index (χ1v) is 7.67. The van der Waals surface area contributed by atoms with Gasteiger partial charge in [-0.3, -0.25) is 4.79 Å². The molecule has 112 valence electrons. The Morgan fingerprint density at radius 3 is 2.68 bits per heavy atom. The lowest BCUT2D eigenvalue weighted by molar-refractivity contribution is -0.138. The summed E-state index contributed by atoms with van der Waals surface area (Å²) in [7, 11) is 0. The Morgan fingerprint density at radius 1 is 1.27 bits per heavy atom. The van der Waals surface area contributed by atoms with Crippen molar-refractivity contribution in [2.45, 2.75) is 12.8 Å². The largest absolute Gasteiger partial charge is 0.485 e. The summed E-state index contributed by atoms with van der Waals surface area (Å²) in [5, 5.41) is 9.12. The van der Waals surface area contributed by atoms with E-state index in [1.165, 1.54) is 0 Å². The molecule has 1 aliphatic rings. The molecular formula is C17H14BrNO3. The van der Waals surface area contributed by atoms with Gasteiger partial charge in [-0.2, -0.15) is 0 Å². The molecule has 22 heavy (non-hydrogen) atoms. The molecule has 1 N–H and O–H groups in total. The number of halogens is 1. The van der Waals surface area contributed by atoms with Gasteiger partial charge in [0.15, 0.2) is 0 Å². The molecule has 0 amide bonds. The van der Waals surface area contributed by atoms with E-state index in [0.717, 1.165) is 21.3 Å². The van der Waals surface area contributed by atoms with Crippen LogP contribution in [0.3, 0.4) is 0 Å². The van der Waals surface area contributed by atoms with Crippen molar-refractivity contribution in [2.24, 2.45) is 4.99 Å². The highest BCUT2D eigenvalue weighted by molar-refractivity contribution is 9.10. The maximum absolute atomic E-state index is 11.1. The zero-order valence-corrected chi connectivity index (χ0v) is 13.5. The molecule has 0 saturated heterocycles. The molecule has 2 aromatic rings. The van der Waals surface area contributed by atoms with E-state index in [-0.39, 0.29) is 0 Å². The molecule has 1 atom stereocenters. The first kappa shape index (κ1) is 14.8. The van der Waals surface area contributed by atoms with Gasteiger partial charge < -0.3 is 9.84 Å². The van der Waals surface area contributed by atoms with Gasteiger partial charge in [-0.25, -0.2) is 4.99 Å². The minimum atomic E-state index is -0.853. The zero-order chi connectivity index (χ0) is 15.7. The number of hydrogen-bond donors (Lipinski definition) is 1. The quantitative estimate of drug-likeness (QED) is 0.895. The summed E-state index contributed by atoms with van der Waals surface area (Å²) in [5.41, 5.74) is 3.22. The monoisotopic (exact) mass is 359 g/mol. The van der Waals surface area contributed by atoms with E-state index >= 15 is 0 Å². The lowest BCUT2D eigenvalue weighted by atomic mass is 10.00. The van der Waals surface area contributed by atoms with E-state index in [2.05, 4.69) is 20.9 Å². The van der Waals surface area contributed by atoms with E-state index in [1.54, 1.807) is 25.1 Å². The van der Waals surface area contributed by atoms with Crippen LogP contribution >= 0.6 is 15.9 Å². The van der Waals surface area contributed by atoms with Gasteiger partial charge in [0, 0.05) is 4.47 Å². The van der Waals surface area contributed by atoms with Crippen LogP contribution in [0.25, 0.3) is 0 Å². The fourth-order valence-electron chi connectivity index (χ4n) is 2.27. The molecule has 2 aromatic carbocycles. The molecule has 0 bridgehead atoms. The Balaban J connectivity index is 1.98. The molecule has 4 nitrogen and oxygen atoms in total. The summed E-state index contributed by atoms with van der Waals surface area (Å²) in [4.78, 5) is 15.7. The number of fused-ring (bicyclic) bond motifs is 1. The molecule has 0 saturated carbocycles. The van der Waals surface area contributed by atoms with Crippen LogP contribution in [0.1, 0.15) is 24.0 Å². The molecule has 1 heterocycles. The highest BCUT2D eigenvalue weighted by Gasteiger charge is 2.19. The Morgan fingerprint density at radius 2 is 2.00 bits per heavy atom. The lowest BCUT2D eigenvalue weighted by Gasteiger charge is -2.18. The minimum Gasteiger partial charge on any atom is -0.485 e. The molecular weight excluding hydrogens is 346 g/mol. The standard InChI is InChI=1S/C17H14BrNO3/c1-10(17(20)21)12-4-7-16-14(8-12)19-15(9-22-16)11-2-5-13(18)6-3-11/h2-8,10H,9H2,1H3,(H,20,21)/t10-/m1/s1. The van der Waals surface area contributed by atoms with Crippen molar-refractivity contribution in [3.8, 4) is 5.75 Å². The number of benzene rings is 2. The number of nitrogens with zero attached hydrogens (tertiary/aromatic N) is 1. The van der Waals surface area contributed by atoms with Crippen molar-refractivity contribution >= 4 is 33.3 Å². The molecule has 0 aliphatic carbocycles. The fraction of sp³-hybridized carbons (Fsp3) is 0.176. The van der Waals surface area contributed by atoms with Crippen molar-refractivity contribution in [1.29, 1.82) is 0 Å². The number of carbonyl (C=O) groups is 1. The van der Waals surface area contributed by atoms with E-state index in [4.69, 9.17) is 9.84 Å². The minimum absolute atomic E-state index is 0.405. The van der Waals surface area contributed by atoms with Crippen LogP contribution in [0, 0.1) is 0 Å². The number of aliphatic imine (C=N–C) groups is 1. The van der Waals surface area contributed by atoms with Gasteiger partial charge in [0.1, 0.15) is 18.0 Å². The van der Waals surface area contributed by atoms with Gasteiger partial charge in [0.25, 0.3) is 0 Å². The van der Waals surface area contributed by atoms with Crippen LogP contribution in [0.15, 0.2) is 51.9 Å². The Labute approximate surface area is 136 Å². The highest BCUT2D eigenvalue weighted by atomic mass is 79.9. The van der Waals surface area contributed by atoms with Crippen molar-refractivity contribution in [2.75, 3.05) is 6.61 Å². The van der Waals surface area contributed by atoms with Gasteiger partial charge in [-0.15, -0.1) is 0 Å². The van der Waals surface area contributed by atoms with Crippen molar-refractivity contribution < 1.29 is 14.6 Å². The van der Waals surface area contributed by atoms with E-state index in [0.29, 0.717) is 18.0 Å². The van der Waals surface area contributed by atoms with E-state index in [9.17, 15) is 4.79 Å². The molecule has 0 radical (unpaired) electrons. The number of carboxylic acids is 1. The second-order valence-corrected chi connectivity index (χ2v) is 6.06. The predicted molar refractivity (Wildman–Crippen MR) is 88.3 cm³/mol. The van der Waals surface area contributed by atoms with Crippen LogP contribution < -0.4 is 4.74 Å². The summed E-state index contributed by atoms with van der Waals surface area (Å²) < 4.78 is 6.73. The molecule has 1 aliphatic heterocycles. The smallest absolute Gasteiger partial charge is 0.310 e. The van der Waals surface area contributed by atoms with Crippen LogP contribution in [0.5, 0.6) is 5.75 Å². The first-order chi connectivity index (χ1) is 10.5. The van der Waals surface area contributed by atoms with Crippen LogP contribution in [-0.2, 0) is 4.79 Å². The van der Waals surface area contributed by atoms with Crippen molar-refractivity contribution in [3.05, 3.63) is 58.1 Å². The number of ether oxygens (including phenoxy) is 1. The molecule has 3 rings (SSSR count). The summed E-state index contributed by atoms with van der Waals surface area (Å²) >= 11 is 3.41. The van der Waals surface area contributed by atoms with Crippen LogP contribution in [0.4, 0.5) is 5.69 Å². The van der Waals surface area contributed by atoms with Gasteiger partial charge in [-0.1, -0.05) is 34.1 Å². The number of aliphatic carboxylic acids is 1. The SMILES string of the molecule is C[C@@H](C(=O)O)c1ccc2c(c1)N=C(c1ccc(Br)cc1)CO2. The Kier molecular flexibility index (Phi) is 3.98. The van der Waals surface area contributed by atoms with Gasteiger partial charge in [0.05, 0.1) is 11.6 Å². The van der Waals surface area contributed by atoms with Crippen molar-refractivity contribution in [3.63, 3.8) is 0 Å². The van der Waals surface area contributed by atoms with Gasteiger partial charge in [-0.05, 0) is 42.3 Å². The molecule has 0 unspecified atom stereocenters. The third-order valence-electron chi connectivity index (χ3n) is 3.65. The number of hydrogen-bond acceptors (Lipinski definition) is 3. The second-order valence-electron chi connectivity index (χ2n) is 5.14. The topological polar surface area (TPSA) is 58.9 Å². The molecule has 5 heteroatoms. The summed E-state index contributed by atoms with van der Waals surface area (Å²) in [5.74, 6) is -0.741. The maximum atomic E-state index is 11.1. The van der Waals surface area contributed by atoms with Gasteiger partial charge >= 0.3 is 5.97 Å². The summed E-state index contributed by atoms with van der Waals surface area (Å²) in [6.07, 6.45) is 0. The Hall–Kier alpha value is -2.14. The summed E-state index contributed by atoms with van der Waals surface area (Å²) in [6, 6.07) is 13.2. The predicted octanol–water partition coefficient (Wildman–Crippen LogP) is 4.15. The molecule has 0 spiro atoms. The van der Waals surface area contributed by atoms with E-state index < -0.39 is 11.9 Å². The maximum Gasteiger partial charge on any atom is 0.310 e. The Bertz CT molecular complexity index is 753. The highest BCUT2D eigenvalue weighted by Crippen LogP contribution is 2.34. The second kappa shape index (κ2) is 5.93. The molecule has 0 aromatic heterocycles. The third-order valence-corrected chi connectivity index (χ3v) is 4.18. The molecule has 0 fully saturated rings. The lowest BCUT2D eigenvalue weighted by Crippen LogP contribution is -2.16. The fourth-order valence-corrected chi connectivity index (χ4v) is 2.53. The number of rotatable bonds is 3. The normalized spacial score (nSPS) is 14.5. The average molecular weight is 360 g/mol. The number of carboxylic acid groups (broad SMARTS) is 1. The third kappa shape index (κ3) is 2.90. The zero-order valence-electron chi connectivity index (χ0n) is 11.9. The summed E-state index contributed by atoms with van der Waals surface area (Å²) in [6.45, 7) is 2.07. The van der Waals surface area contributed by atoms with Crippen molar-refractivity contribution in [1.82, 2.24) is 0 Å². The van der Waals surface area contributed by atoms with Crippen LogP contribution in [-0.4, -0.2) is 23.4 Å².